The normalized spacial score (nSPS) is 32.8. The molecule has 45 heavy (non-hydrogen) atoms. The van der Waals surface area contributed by atoms with Crippen LogP contribution >= 0.6 is 0 Å². The van der Waals surface area contributed by atoms with E-state index >= 15 is 0 Å². The predicted octanol–water partition coefficient (Wildman–Crippen LogP) is 8.97. The summed E-state index contributed by atoms with van der Waals surface area (Å²) in [6, 6.07) is 2.89. The lowest BCUT2D eigenvalue weighted by atomic mass is 9.84. The molecule has 0 aromatic carbocycles. The van der Waals surface area contributed by atoms with E-state index in [-0.39, 0.29) is 18.9 Å². The molecule has 2 heterocycles. The number of nitroso groups, excluding NO2 is 1. The highest BCUT2D eigenvalue weighted by Crippen LogP contribution is 2.46. The largest absolute Gasteiger partial charge is 0.309 e. The van der Waals surface area contributed by atoms with E-state index in [2.05, 4.69) is 56.4 Å². The van der Waals surface area contributed by atoms with Crippen LogP contribution in [0.2, 0.25) is 0 Å². The summed E-state index contributed by atoms with van der Waals surface area (Å²) in [5, 5.41) is 15.6. The summed E-state index contributed by atoms with van der Waals surface area (Å²) in [5.74, 6) is 0. The van der Waals surface area contributed by atoms with E-state index in [0.29, 0.717) is 31.0 Å². The fourth-order valence-corrected chi connectivity index (χ4v) is 8.19. The van der Waals surface area contributed by atoms with Gasteiger partial charge in [-0.1, -0.05) is 55.7 Å². The second-order valence-electron chi connectivity index (χ2n) is 13.9. The Balaban J connectivity index is 0.000000147. The Morgan fingerprint density at radius 3 is 1.71 bits per heavy atom. The molecule has 4 saturated carbocycles. The van der Waals surface area contributed by atoms with Crippen LogP contribution in [0.1, 0.15) is 130 Å². The SMILES string of the molecule is C1=CCC=C1.N#CC1(N=O)CCCCC1.[C-]#[N+]C1(N2OC3C=CC2C3)CCCCC1.[C-]#[N+]C1(N2OC3CCC2C3)CCCCC1.[HH]. The molecule has 0 N–H and O–H groups in total. The van der Waals surface area contributed by atoms with E-state index in [1.54, 1.807) is 0 Å². The fraction of sp³-hybridized carbons (Fsp3) is 0.750. The highest BCUT2D eigenvalue weighted by atomic mass is 16.7. The Morgan fingerprint density at radius 1 is 0.778 bits per heavy atom. The first-order chi connectivity index (χ1) is 22.0. The van der Waals surface area contributed by atoms with E-state index in [9.17, 15) is 4.91 Å². The number of allylic oxidation sites excluding steroid dienone is 4. The van der Waals surface area contributed by atoms with Gasteiger partial charge in [0.1, 0.15) is 0 Å². The van der Waals surface area contributed by atoms with Crippen LogP contribution in [0.5, 0.6) is 0 Å². The van der Waals surface area contributed by atoms with Crippen LogP contribution in [-0.2, 0) is 9.68 Å². The Kier molecular flexibility index (Phi) is 11.6. The Labute approximate surface area is 271 Å². The molecule has 2 aliphatic heterocycles. The van der Waals surface area contributed by atoms with E-state index in [1.807, 2.05) is 11.1 Å². The zero-order valence-corrected chi connectivity index (χ0v) is 26.8. The quantitative estimate of drug-likeness (QED) is 0.179. The molecule has 0 aromatic rings. The molecule has 9 heteroatoms. The minimum Gasteiger partial charge on any atom is -0.290 e. The number of hydrogen-bond donors (Lipinski definition) is 0. The highest BCUT2D eigenvalue weighted by Gasteiger charge is 2.55. The standard InChI is InChI=1S/C12H18N2O.C12H16N2O.C7H10N2O.C5H6.H2/c2*1-13-12(7-3-2-4-8-12)14-10-5-6-11(9-10)15-14;8-6-7(9-10)4-2-1-3-5-7;1-2-4-5-3-1;/h10-11H,2-9H2;5-6,10-11H,2-4,7-9H2;1-5H2;1-4H,5H2;1H. The molecule has 8 rings (SSSR count). The van der Waals surface area contributed by atoms with E-state index in [1.165, 1.54) is 51.4 Å². The maximum Gasteiger partial charge on any atom is 0.309 e. The van der Waals surface area contributed by atoms with Crippen molar-refractivity contribution in [1.29, 1.82) is 5.26 Å². The lowest BCUT2D eigenvalue weighted by Gasteiger charge is -2.37. The van der Waals surface area contributed by atoms with Gasteiger partial charge in [0.2, 0.25) is 0 Å². The van der Waals surface area contributed by atoms with Gasteiger partial charge in [0.05, 0.1) is 24.3 Å². The maximum atomic E-state index is 10.2. The zero-order valence-electron chi connectivity index (χ0n) is 26.8. The molecule has 8 aliphatic rings. The number of hydroxylamine groups is 4. The van der Waals surface area contributed by atoms with Crippen LogP contribution in [-0.4, -0.2) is 51.3 Å². The molecule has 0 aromatic heterocycles. The number of hydrogen-bond acceptors (Lipinski definition) is 7. The van der Waals surface area contributed by atoms with Crippen LogP contribution in [0.4, 0.5) is 0 Å². The summed E-state index contributed by atoms with van der Waals surface area (Å²) in [5.41, 5.74) is -1.50. The second-order valence-corrected chi connectivity index (χ2v) is 13.9. The third-order valence-electron chi connectivity index (χ3n) is 10.8. The third kappa shape index (κ3) is 7.75. The predicted molar refractivity (Wildman–Crippen MR) is 176 cm³/mol. The van der Waals surface area contributed by atoms with Gasteiger partial charge in [-0.2, -0.15) is 5.26 Å². The molecule has 0 radical (unpaired) electrons. The highest BCUT2D eigenvalue weighted by molar-refractivity contribution is 5.15. The van der Waals surface area contributed by atoms with Crippen LogP contribution in [0.15, 0.2) is 41.6 Å². The average molecular weight is 617 g/mol. The van der Waals surface area contributed by atoms with Crippen molar-refractivity contribution in [2.24, 2.45) is 5.18 Å². The van der Waals surface area contributed by atoms with E-state index in [4.69, 9.17) is 28.1 Å². The van der Waals surface area contributed by atoms with Crippen molar-refractivity contribution in [2.45, 2.75) is 170 Å². The first-order valence-corrected chi connectivity index (χ1v) is 17.5. The molecule has 244 valence electrons. The van der Waals surface area contributed by atoms with Gasteiger partial charge in [0, 0.05) is 39.6 Å². The van der Waals surface area contributed by atoms with Crippen molar-refractivity contribution >= 4 is 0 Å². The van der Waals surface area contributed by atoms with Gasteiger partial charge < -0.3 is 0 Å². The molecule has 0 amide bonds. The molecule has 2 saturated heterocycles. The van der Waals surface area contributed by atoms with Gasteiger partial charge in [-0.15, -0.1) is 15.0 Å². The van der Waals surface area contributed by atoms with Gasteiger partial charge in [-0.3, -0.25) is 19.4 Å². The molecular formula is C36H52N6O3. The minimum absolute atomic E-state index is 0. The summed E-state index contributed by atoms with van der Waals surface area (Å²) in [6.07, 6.45) is 34.8. The van der Waals surface area contributed by atoms with Crippen molar-refractivity contribution in [3.05, 3.63) is 64.2 Å². The topological polar surface area (TPSA) is 86.9 Å². The lowest BCUT2D eigenvalue weighted by Crippen LogP contribution is -2.50. The van der Waals surface area contributed by atoms with Gasteiger partial charge in [-0.05, 0) is 82.2 Å². The summed E-state index contributed by atoms with van der Waals surface area (Å²) >= 11 is 0. The smallest absolute Gasteiger partial charge is 0.290 e. The number of nitriles is 1. The molecule has 6 aliphatic carbocycles. The van der Waals surface area contributed by atoms with Crippen LogP contribution in [0.25, 0.3) is 9.69 Å². The number of rotatable bonds is 3. The average Bonchev–Trinajstić information content (AvgIpc) is 3.98. The van der Waals surface area contributed by atoms with Crippen molar-refractivity contribution in [3.63, 3.8) is 0 Å². The Hall–Kier alpha value is -2.87. The van der Waals surface area contributed by atoms with Crippen LogP contribution in [0.3, 0.4) is 0 Å². The molecule has 4 bridgehead atoms. The summed E-state index contributed by atoms with van der Waals surface area (Å²) in [6.45, 7) is 15.0. The Morgan fingerprint density at radius 2 is 1.36 bits per heavy atom. The van der Waals surface area contributed by atoms with E-state index < -0.39 is 5.54 Å². The summed E-state index contributed by atoms with van der Waals surface area (Å²) in [4.78, 5) is 29.8. The van der Waals surface area contributed by atoms with Crippen molar-refractivity contribution in [2.75, 3.05) is 0 Å². The van der Waals surface area contributed by atoms with Crippen molar-refractivity contribution in [3.8, 4) is 6.07 Å². The molecule has 0 spiro atoms. The molecule has 9 nitrogen and oxygen atoms in total. The summed E-state index contributed by atoms with van der Waals surface area (Å²) in [7, 11) is 0. The Bertz CT molecular complexity index is 1200. The molecule has 4 unspecified atom stereocenters. The zero-order chi connectivity index (χ0) is 31.6. The fourth-order valence-electron chi connectivity index (χ4n) is 8.19. The van der Waals surface area contributed by atoms with Crippen molar-refractivity contribution < 1.29 is 11.1 Å². The molecular weight excluding hydrogens is 564 g/mol. The lowest BCUT2D eigenvalue weighted by molar-refractivity contribution is -0.238. The summed E-state index contributed by atoms with van der Waals surface area (Å²) < 4.78 is 0. The first-order valence-electron chi connectivity index (χ1n) is 17.5. The van der Waals surface area contributed by atoms with Crippen LogP contribution in [0, 0.1) is 29.4 Å². The van der Waals surface area contributed by atoms with Crippen molar-refractivity contribution in [1.82, 2.24) is 10.1 Å². The third-order valence-corrected chi connectivity index (χ3v) is 10.8. The minimum atomic E-state index is -0.863. The van der Waals surface area contributed by atoms with Gasteiger partial charge >= 0.3 is 11.3 Å². The molecule has 6 fully saturated rings. The van der Waals surface area contributed by atoms with Gasteiger partial charge in [0.15, 0.2) is 5.54 Å². The second kappa shape index (κ2) is 15.6. The molecule has 4 atom stereocenters. The number of nitrogens with zero attached hydrogens (tertiary/aromatic N) is 6. The monoisotopic (exact) mass is 616 g/mol. The van der Waals surface area contributed by atoms with Gasteiger partial charge in [-0.25, -0.2) is 13.1 Å². The van der Waals surface area contributed by atoms with E-state index in [0.717, 1.165) is 64.2 Å². The van der Waals surface area contributed by atoms with Gasteiger partial charge in [0.25, 0.3) is 0 Å². The maximum absolute atomic E-state index is 10.2. The van der Waals surface area contributed by atoms with Crippen LogP contribution < -0.4 is 0 Å². The first kappa shape index (κ1) is 33.5. The number of fused-ring (bicyclic) bond motifs is 4.